The predicted octanol–water partition coefficient (Wildman–Crippen LogP) is 1.52. The molecule has 6 heteroatoms. The molecule has 3 rings (SSSR count). The molecular formula is C15H20N6. The van der Waals surface area contributed by atoms with Crippen molar-refractivity contribution in [1.29, 1.82) is 0 Å². The van der Waals surface area contributed by atoms with Gasteiger partial charge in [-0.2, -0.15) is 0 Å². The summed E-state index contributed by atoms with van der Waals surface area (Å²) in [6.45, 7) is 9.68. The van der Waals surface area contributed by atoms with Gasteiger partial charge in [0.1, 0.15) is 12.1 Å². The van der Waals surface area contributed by atoms with Crippen molar-refractivity contribution in [3.05, 3.63) is 35.5 Å². The molecule has 1 aliphatic heterocycles. The largest absolute Gasteiger partial charge is 0.353 e. The van der Waals surface area contributed by atoms with Crippen molar-refractivity contribution < 1.29 is 0 Å². The second kappa shape index (κ2) is 5.63. The van der Waals surface area contributed by atoms with E-state index in [0.717, 1.165) is 55.0 Å². The van der Waals surface area contributed by atoms with Crippen LogP contribution in [0, 0.1) is 20.8 Å². The maximum Gasteiger partial charge on any atom is 0.225 e. The smallest absolute Gasteiger partial charge is 0.225 e. The lowest BCUT2D eigenvalue weighted by Gasteiger charge is -2.35. The van der Waals surface area contributed by atoms with E-state index in [2.05, 4.69) is 29.7 Å². The van der Waals surface area contributed by atoms with Crippen LogP contribution in [-0.2, 0) is 0 Å². The summed E-state index contributed by atoms with van der Waals surface area (Å²) in [4.78, 5) is 22.1. The van der Waals surface area contributed by atoms with E-state index in [1.54, 1.807) is 6.33 Å². The molecule has 2 aromatic heterocycles. The Morgan fingerprint density at radius 2 is 1.38 bits per heavy atom. The summed E-state index contributed by atoms with van der Waals surface area (Å²) in [7, 11) is 0. The van der Waals surface area contributed by atoms with Gasteiger partial charge < -0.3 is 9.80 Å². The molecule has 0 amide bonds. The molecule has 2 aromatic rings. The van der Waals surface area contributed by atoms with E-state index in [-0.39, 0.29) is 0 Å². The van der Waals surface area contributed by atoms with Crippen LogP contribution in [0.5, 0.6) is 0 Å². The van der Waals surface area contributed by atoms with Gasteiger partial charge in [0.05, 0.1) is 0 Å². The topological polar surface area (TPSA) is 58.0 Å². The quantitative estimate of drug-likeness (QED) is 0.833. The van der Waals surface area contributed by atoms with E-state index in [1.165, 1.54) is 0 Å². The average Bonchev–Trinajstić information content (AvgIpc) is 2.46. The van der Waals surface area contributed by atoms with Gasteiger partial charge in [0.15, 0.2) is 0 Å². The molecule has 3 heterocycles. The highest BCUT2D eigenvalue weighted by atomic mass is 15.3. The second-order valence-corrected chi connectivity index (χ2v) is 5.44. The van der Waals surface area contributed by atoms with E-state index < -0.39 is 0 Å². The minimum absolute atomic E-state index is 0.839. The standard InChI is InChI=1S/C15H20N6/c1-11-9-14(17-10-16-11)20-4-6-21(7-5-20)15-18-12(2)8-13(3)19-15/h8-10H,4-7H2,1-3H3. The molecule has 0 aromatic carbocycles. The Bertz CT molecular complexity index is 614. The van der Waals surface area contributed by atoms with Gasteiger partial charge in [-0.15, -0.1) is 0 Å². The fourth-order valence-electron chi connectivity index (χ4n) is 2.60. The van der Waals surface area contributed by atoms with Crippen LogP contribution in [0.2, 0.25) is 0 Å². The molecule has 0 unspecified atom stereocenters. The summed E-state index contributed by atoms with van der Waals surface area (Å²) in [6, 6.07) is 4.03. The second-order valence-electron chi connectivity index (χ2n) is 5.44. The van der Waals surface area contributed by atoms with Crippen LogP contribution in [0.3, 0.4) is 0 Å². The first-order valence-corrected chi connectivity index (χ1v) is 7.22. The van der Waals surface area contributed by atoms with Crippen LogP contribution < -0.4 is 9.80 Å². The fourth-order valence-corrected chi connectivity index (χ4v) is 2.60. The van der Waals surface area contributed by atoms with Crippen molar-refractivity contribution in [2.75, 3.05) is 36.0 Å². The van der Waals surface area contributed by atoms with Crippen molar-refractivity contribution in [1.82, 2.24) is 19.9 Å². The van der Waals surface area contributed by atoms with Crippen molar-refractivity contribution in [3.63, 3.8) is 0 Å². The Morgan fingerprint density at radius 1 is 0.762 bits per heavy atom. The maximum absolute atomic E-state index is 4.54. The monoisotopic (exact) mass is 284 g/mol. The summed E-state index contributed by atoms with van der Waals surface area (Å²) in [5.74, 6) is 1.84. The van der Waals surface area contributed by atoms with Gasteiger partial charge >= 0.3 is 0 Å². The van der Waals surface area contributed by atoms with Crippen LogP contribution in [-0.4, -0.2) is 46.1 Å². The third-order valence-corrected chi connectivity index (χ3v) is 3.65. The molecule has 21 heavy (non-hydrogen) atoms. The fraction of sp³-hybridized carbons (Fsp3) is 0.467. The molecule has 0 spiro atoms. The lowest BCUT2D eigenvalue weighted by Crippen LogP contribution is -2.47. The van der Waals surface area contributed by atoms with Crippen LogP contribution >= 0.6 is 0 Å². The highest BCUT2D eigenvalue weighted by Gasteiger charge is 2.20. The zero-order valence-corrected chi connectivity index (χ0v) is 12.7. The SMILES string of the molecule is Cc1cc(N2CCN(c3nc(C)cc(C)n3)CC2)ncn1. The molecule has 0 N–H and O–H groups in total. The third-order valence-electron chi connectivity index (χ3n) is 3.65. The molecule has 0 bridgehead atoms. The molecule has 1 fully saturated rings. The van der Waals surface area contributed by atoms with Gasteiger partial charge in [-0.05, 0) is 26.8 Å². The van der Waals surface area contributed by atoms with Crippen molar-refractivity contribution >= 4 is 11.8 Å². The molecule has 0 atom stereocenters. The number of piperazine rings is 1. The highest BCUT2D eigenvalue weighted by Crippen LogP contribution is 2.17. The zero-order valence-electron chi connectivity index (χ0n) is 12.7. The van der Waals surface area contributed by atoms with Gasteiger partial charge in [-0.1, -0.05) is 0 Å². The van der Waals surface area contributed by atoms with Gasteiger partial charge in [-0.3, -0.25) is 0 Å². The molecule has 110 valence electrons. The first kappa shape index (κ1) is 13.7. The third kappa shape index (κ3) is 3.09. The van der Waals surface area contributed by atoms with E-state index >= 15 is 0 Å². The van der Waals surface area contributed by atoms with E-state index in [9.17, 15) is 0 Å². The van der Waals surface area contributed by atoms with Crippen molar-refractivity contribution in [2.45, 2.75) is 20.8 Å². The lowest BCUT2D eigenvalue weighted by molar-refractivity contribution is 0.632. The zero-order chi connectivity index (χ0) is 14.8. The summed E-state index contributed by atoms with van der Waals surface area (Å²) < 4.78 is 0. The van der Waals surface area contributed by atoms with E-state index in [0.29, 0.717) is 0 Å². The number of hydrogen-bond donors (Lipinski definition) is 0. The van der Waals surface area contributed by atoms with Crippen LogP contribution in [0.25, 0.3) is 0 Å². The molecule has 1 saturated heterocycles. The Hall–Kier alpha value is -2.24. The molecule has 0 aliphatic carbocycles. The molecule has 6 nitrogen and oxygen atoms in total. The normalized spacial score (nSPS) is 15.4. The number of anilines is 2. The number of hydrogen-bond acceptors (Lipinski definition) is 6. The maximum atomic E-state index is 4.54. The lowest BCUT2D eigenvalue weighted by atomic mass is 10.3. The number of aryl methyl sites for hydroxylation is 3. The summed E-state index contributed by atoms with van der Waals surface area (Å²) in [5.41, 5.74) is 3.04. The Morgan fingerprint density at radius 3 is 2.00 bits per heavy atom. The molecular weight excluding hydrogens is 264 g/mol. The predicted molar refractivity (Wildman–Crippen MR) is 82.7 cm³/mol. The Labute approximate surface area is 124 Å². The highest BCUT2D eigenvalue weighted by molar-refractivity contribution is 5.42. The molecule has 0 radical (unpaired) electrons. The summed E-state index contributed by atoms with van der Waals surface area (Å²) in [6.07, 6.45) is 1.63. The minimum Gasteiger partial charge on any atom is -0.353 e. The van der Waals surface area contributed by atoms with Gasteiger partial charge in [-0.25, -0.2) is 19.9 Å². The van der Waals surface area contributed by atoms with Crippen LogP contribution in [0.1, 0.15) is 17.1 Å². The number of nitrogens with zero attached hydrogens (tertiary/aromatic N) is 6. The van der Waals surface area contributed by atoms with Crippen LogP contribution in [0.4, 0.5) is 11.8 Å². The number of aromatic nitrogens is 4. The molecule has 0 saturated carbocycles. The van der Waals surface area contributed by atoms with Gasteiger partial charge in [0.2, 0.25) is 5.95 Å². The first-order valence-electron chi connectivity index (χ1n) is 7.22. The van der Waals surface area contributed by atoms with E-state index in [4.69, 9.17) is 0 Å². The Balaban J connectivity index is 1.70. The van der Waals surface area contributed by atoms with Gasteiger partial charge in [0, 0.05) is 49.3 Å². The summed E-state index contributed by atoms with van der Waals surface area (Å²) >= 11 is 0. The van der Waals surface area contributed by atoms with Crippen molar-refractivity contribution in [3.8, 4) is 0 Å². The average molecular weight is 284 g/mol. The number of rotatable bonds is 2. The molecule has 1 aliphatic rings. The van der Waals surface area contributed by atoms with Crippen LogP contribution in [0.15, 0.2) is 18.5 Å². The Kier molecular flexibility index (Phi) is 3.68. The van der Waals surface area contributed by atoms with Crippen molar-refractivity contribution in [2.24, 2.45) is 0 Å². The van der Waals surface area contributed by atoms with E-state index in [1.807, 2.05) is 32.9 Å². The summed E-state index contributed by atoms with van der Waals surface area (Å²) in [5, 5.41) is 0. The van der Waals surface area contributed by atoms with Gasteiger partial charge in [0.25, 0.3) is 0 Å². The minimum atomic E-state index is 0.839. The first-order chi connectivity index (χ1) is 10.1.